The second-order valence-electron chi connectivity index (χ2n) is 6.88. The van der Waals surface area contributed by atoms with Crippen LogP contribution < -0.4 is 10.6 Å². The van der Waals surface area contributed by atoms with Crippen molar-refractivity contribution in [2.45, 2.75) is 38.6 Å². The van der Waals surface area contributed by atoms with Gasteiger partial charge in [-0.2, -0.15) is 0 Å². The van der Waals surface area contributed by atoms with E-state index in [-0.39, 0.29) is 29.5 Å². The molecule has 0 saturated carbocycles. The van der Waals surface area contributed by atoms with Gasteiger partial charge >= 0.3 is 0 Å². The van der Waals surface area contributed by atoms with E-state index in [0.717, 1.165) is 0 Å². The van der Waals surface area contributed by atoms with Crippen molar-refractivity contribution in [3.05, 3.63) is 47.8 Å². The lowest BCUT2D eigenvalue weighted by Crippen LogP contribution is -2.46. The Hall–Kier alpha value is -3.03. The first kappa shape index (κ1) is 19.7. The number of aryl methyl sites for hydroxylation is 1. The normalized spacial score (nSPS) is 14.7. The molecule has 28 heavy (non-hydrogen) atoms. The quantitative estimate of drug-likeness (QED) is 0.708. The molecule has 0 spiro atoms. The van der Waals surface area contributed by atoms with E-state index in [1.807, 2.05) is 4.90 Å². The van der Waals surface area contributed by atoms with Crippen molar-refractivity contribution in [1.82, 2.24) is 15.5 Å². The summed E-state index contributed by atoms with van der Waals surface area (Å²) in [4.78, 5) is 38.0. The van der Waals surface area contributed by atoms with E-state index in [1.54, 1.807) is 31.2 Å². The molecule has 0 radical (unpaired) electrons. The zero-order chi connectivity index (χ0) is 19.9. The molecule has 2 N–H and O–H groups in total. The summed E-state index contributed by atoms with van der Waals surface area (Å²) in [6.45, 7) is 3.43. The molecule has 1 fully saturated rings. The zero-order valence-electron chi connectivity index (χ0n) is 15.9. The molecule has 8 heteroatoms. The number of hydrogen-bond acceptors (Lipinski definition) is 5. The van der Waals surface area contributed by atoms with Gasteiger partial charge in [0.15, 0.2) is 11.5 Å². The Labute approximate surface area is 163 Å². The Morgan fingerprint density at radius 3 is 2.54 bits per heavy atom. The third-order valence-corrected chi connectivity index (χ3v) is 4.74. The molecular formula is C20H25N3O5. The number of rotatable bonds is 7. The van der Waals surface area contributed by atoms with Gasteiger partial charge in [-0.15, -0.1) is 0 Å². The number of carbonyl (C=O) groups excluding carboxylic acids is 3. The van der Waals surface area contributed by atoms with Crippen LogP contribution in [0.2, 0.25) is 0 Å². The Bertz CT molecular complexity index is 804. The van der Waals surface area contributed by atoms with Crippen molar-refractivity contribution >= 4 is 17.7 Å². The molecule has 8 nitrogen and oxygen atoms in total. The molecule has 1 aliphatic rings. The smallest absolute Gasteiger partial charge is 0.287 e. The first-order valence-corrected chi connectivity index (χ1v) is 9.49. The lowest BCUT2D eigenvalue weighted by atomic mass is 10.0. The lowest BCUT2D eigenvalue weighted by molar-refractivity contribution is -0.132. The molecule has 0 aromatic carbocycles. The summed E-state index contributed by atoms with van der Waals surface area (Å²) in [6.07, 6.45) is 3.82. The van der Waals surface area contributed by atoms with Crippen LogP contribution in [-0.4, -0.2) is 48.3 Å². The fourth-order valence-electron chi connectivity index (χ4n) is 3.18. The van der Waals surface area contributed by atoms with E-state index >= 15 is 0 Å². The maximum Gasteiger partial charge on any atom is 0.287 e. The van der Waals surface area contributed by atoms with Crippen molar-refractivity contribution in [1.29, 1.82) is 0 Å². The molecule has 0 bridgehead atoms. The van der Waals surface area contributed by atoms with Crippen LogP contribution >= 0.6 is 0 Å². The van der Waals surface area contributed by atoms with E-state index in [2.05, 4.69) is 10.6 Å². The number of piperidine rings is 1. The third kappa shape index (κ3) is 5.25. The zero-order valence-corrected chi connectivity index (χ0v) is 15.9. The maximum absolute atomic E-state index is 12.3. The van der Waals surface area contributed by atoms with Gasteiger partial charge in [0.25, 0.3) is 11.8 Å². The summed E-state index contributed by atoms with van der Waals surface area (Å²) in [6, 6.07) is 6.70. The highest BCUT2D eigenvalue weighted by molar-refractivity contribution is 5.92. The largest absolute Gasteiger partial charge is 0.459 e. The highest BCUT2D eigenvalue weighted by Gasteiger charge is 2.24. The van der Waals surface area contributed by atoms with Gasteiger partial charge in [0, 0.05) is 32.1 Å². The predicted molar refractivity (Wildman–Crippen MR) is 101 cm³/mol. The summed E-state index contributed by atoms with van der Waals surface area (Å²) in [5, 5.41) is 5.69. The summed E-state index contributed by atoms with van der Waals surface area (Å²) in [7, 11) is 0. The van der Waals surface area contributed by atoms with Gasteiger partial charge < -0.3 is 24.4 Å². The van der Waals surface area contributed by atoms with Gasteiger partial charge in [-0.3, -0.25) is 14.4 Å². The van der Waals surface area contributed by atoms with Gasteiger partial charge in [0.05, 0.1) is 6.26 Å². The SMILES string of the molecule is Cc1ccc(C(=O)NC2CCN(C(=O)CCCNC(=O)c3ccco3)CC2)o1. The molecule has 3 heterocycles. The van der Waals surface area contributed by atoms with Crippen molar-refractivity contribution in [3.63, 3.8) is 0 Å². The lowest BCUT2D eigenvalue weighted by Gasteiger charge is -2.32. The van der Waals surface area contributed by atoms with Crippen molar-refractivity contribution in [2.24, 2.45) is 0 Å². The molecule has 3 amide bonds. The van der Waals surface area contributed by atoms with Crippen LogP contribution in [0.1, 0.15) is 52.6 Å². The standard InChI is InChI=1S/C20H25N3O5/c1-14-6-7-17(28-14)20(26)22-15-8-11-23(12-9-15)18(24)5-2-10-21-19(25)16-4-3-13-27-16/h3-4,6-7,13,15H,2,5,8-12H2,1H3,(H,21,25)(H,22,26). The number of nitrogens with zero attached hydrogens (tertiary/aromatic N) is 1. The second-order valence-corrected chi connectivity index (χ2v) is 6.88. The van der Waals surface area contributed by atoms with Crippen LogP contribution in [-0.2, 0) is 4.79 Å². The van der Waals surface area contributed by atoms with Crippen LogP contribution in [0.3, 0.4) is 0 Å². The fourth-order valence-corrected chi connectivity index (χ4v) is 3.18. The first-order chi connectivity index (χ1) is 13.5. The Kier molecular flexibility index (Phi) is 6.52. The van der Waals surface area contributed by atoms with Crippen LogP contribution in [0.15, 0.2) is 39.4 Å². The number of hydrogen-bond donors (Lipinski definition) is 2. The summed E-state index contributed by atoms with van der Waals surface area (Å²) in [5.41, 5.74) is 0. The maximum atomic E-state index is 12.3. The average molecular weight is 387 g/mol. The molecule has 150 valence electrons. The molecule has 0 unspecified atom stereocenters. The monoisotopic (exact) mass is 387 g/mol. The van der Waals surface area contributed by atoms with E-state index in [1.165, 1.54) is 6.26 Å². The molecular weight excluding hydrogens is 362 g/mol. The summed E-state index contributed by atoms with van der Waals surface area (Å²) >= 11 is 0. The van der Waals surface area contributed by atoms with Crippen molar-refractivity contribution in [3.8, 4) is 0 Å². The van der Waals surface area contributed by atoms with Crippen molar-refractivity contribution < 1.29 is 23.2 Å². The second kappa shape index (κ2) is 9.25. The number of amides is 3. The van der Waals surface area contributed by atoms with Gasteiger partial charge in [-0.25, -0.2) is 0 Å². The van der Waals surface area contributed by atoms with E-state index in [4.69, 9.17) is 8.83 Å². The topological polar surface area (TPSA) is 105 Å². The van der Waals surface area contributed by atoms with Gasteiger partial charge in [-0.05, 0) is 50.5 Å². The minimum absolute atomic E-state index is 0.0366. The van der Waals surface area contributed by atoms with Gasteiger partial charge in [0.2, 0.25) is 5.91 Å². The molecule has 0 atom stereocenters. The Morgan fingerprint density at radius 1 is 1.11 bits per heavy atom. The molecule has 0 aliphatic carbocycles. The summed E-state index contributed by atoms with van der Waals surface area (Å²) < 4.78 is 10.3. The average Bonchev–Trinajstić information content (AvgIpc) is 3.37. The highest BCUT2D eigenvalue weighted by atomic mass is 16.4. The molecule has 1 aliphatic heterocycles. The van der Waals surface area contributed by atoms with Crippen LogP contribution in [0, 0.1) is 6.92 Å². The summed E-state index contributed by atoms with van der Waals surface area (Å²) in [5.74, 6) is 0.850. The predicted octanol–water partition coefficient (Wildman–Crippen LogP) is 2.11. The molecule has 3 rings (SSSR count). The van der Waals surface area contributed by atoms with Crippen LogP contribution in [0.5, 0.6) is 0 Å². The first-order valence-electron chi connectivity index (χ1n) is 9.49. The van der Waals surface area contributed by atoms with E-state index in [9.17, 15) is 14.4 Å². The van der Waals surface area contributed by atoms with Gasteiger partial charge in [0.1, 0.15) is 5.76 Å². The van der Waals surface area contributed by atoms with E-state index < -0.39 is 0 Å². The third-order valence-electron chi connectivity index (χ3n) is 4.74. The fraction of sp³-hybridized carbons (Fsp3) is 0.450. The Balaban J connectivity index is 1.32. The minimum atomic E-state index is -0.277. The number of nitrogens with one attached hydrogen (secondary N) is 2. The van der Waals surface area contributed by atoms with Crippen LogP contribution in [0.4, 0.5) is 0 Å². The number of likely N-dealkylation sites (tertiary alicyclic amines) is 1. The van der Waals surface area contributed by atoms with E-state index in [0.29, 0.717) is 56.8 Å². The molecule has 2 aromatic rings. The minimum Gasteiger partial charge on any atom is -0.459 e. The molecule has 1 saturated heterocycles. The number of carbonyl (C=O) groups is 3. The van der Waals surface area contributed by atoms with Crippen LogP contribution in [0.25, 0.3) is 0 Å². The highest BCUT2D eigenvalue weighted by Crippen LogP contribution is 2.14. The van der Waals surface area contributed by atoms with Gasteiger partial charge in [-0.1, -0.05) is 0 Å². The number of furan rings is 2. The molecule has 2 aromatic heterocycles. The Morgan fingerprint density at radius 2 is 1.89 bits per heavy atom. The van der Waals surface area contributed by atoms with Crippen molar-refractivity contribution in [2.75, 3.05) is 19.6 Å².